The fourth-order valence-electron chi connectivity index (χ4n) is 3.47. The van der Waals surface area contributed by atoms with Crippen LogP contribution in [0.3, 0.4) is 0 Å². The smallest absolute Gasteiger partial charge is 0.236 e. The van der Waals surface area contributed by atoms with Gasteiger partial charge in [-0.1, -0.05) is 44.5 Å². The SMILES string of the molecule is CCCC1(SCC(c2ccc(O)cc2)C(CC)c2ccc(O)cc2)N=N1. The van der Waals surface area contributed by atoms with Gasteiger partial charge in [0.05, 0.1) is 0 Å². The van der Waals surface area contributed by atoms with Gasteiger partial charge in [-0.2, -0.15) is 0 Å². The summed E-state index contributed by atoms with van der Waals surface area (Å²) in [6.45, 7) is 4.36. The summed E-state index contributed by atoms with van der Waals surface area (Å²) in [6, 6.07) is 15.1. The van der Waals surface area contributed by atoms with Crippen molar-refractivity contribution in [1.82, 2.24) is 0 Å². The lowest BCUT2D eigenvalue weighted by molar-refractivity contribution is 0.472. The molecule has 2 atom stereocenters. The Kier molecular flexibility index (Phi) is 5.87. The van der Waals surface area contributed by atoms with Crippen LogP contribution in [0.5, 0.6) is 11.5 Å². The Morgan fingerprint density at radius 3 is 1.77 bits per heavy atom. The first-order valence-electron chi connectivity index (χ1n) is 9.22. The number of nitrogens with zero attached hydrogens (tertiary/aromatic N) is 2. The number of aromatic hydroxyl groups is 2. The third kappa shape index (κ3) is 4.39. The lowest BCUT2D eigenvalue weighted by Gasteiger charge is -2.28. The van der Waals surface area contributed by atoms with Gasteiger partial charge < -0.3 is 10.2 Å². The molecule has 0 saturated carbocycles. The maximum absolute atomic E-state index is 9.66. The van der Waals surface area contributed by atoms with Gasteiger partial charge in [-0.3, -0.25) is 0 Å². The van der Waals surface area contributed by atoms with E-state index in [-0.39, 0.29) is 22.4 Å². The minimum Gasteiger partial charge on any atom is -0.508 e. The highest BCUT2D eigenvalue weighted by molar-refractivity contribution is 8.00. The molecule has 138 valence electrons. The lowest BCUT2D eigenvalue weighted by Crippen LogP contribution is -2.16. The molecule has 0 amide bonds. The summed E-state index contributed by atoms with van der Waals surface area (Å²) in [7, 11) is 0. The minimum absolute atomic E-state index is 0.239. The molecule has 2 aromatic rings. The van der Waals surface area contributed by atoms with Crippen molar-refractivity contribution in [2.24, 2.45) is 10.2 Å². The predicted octanol–water partition coefficient (Wildman–Crippen LogP) is 6.03. The van der Waals surface area contributed by atoms with Crippen molar-refractivity contribution in [2.75, 3.05) is 5.75 Å². The Morgan fingerprint density at radius 1 is 0.846 bits per heavy atom. The summed E-state index contributed by atoms with van der Waals surface area (Å²) >= 11 is 1.82. The Morgan fingerprint density at radius 2 is 1.35 bits per heavy atom. The van der Waals surface area contributed by atoms with E-state index in [4.69, 9.17) is 0 Å². The molecule has 5 heteroatoms. The van der Waals surface area contributed by atoms with Crippen LogP contribution in [0.2, 0.25) is 0 Å². The van der Waals surface area contributed by atoms with Crippen molar-refractivity contribution in [3.05, 3.63) is 59.7 Å². The number of benzene rings is 2. The average molecular weight is 371 g/mol. The van der Waals surface area contributed by atoms with Gasteiger partial charge in [-0.15, -0.1) is 22.0 Å². The molecule has 1 aliphatic rings. The van der Waals surface area contributed by atoms with Crippen LogP contribution in [-0.2, 0) is 0 Å². The van der Waals surface area contributed by atoms with Crippen molar-refractivity contribution in [3.8, 4) is 11.5 Å². The molecule has 0 aromatic heterocycles. The van der Waals surface area contributed by atoms with Crippen LogP contribution in [0.1, 0.15) is 56.1 Å². The van der Waals surface area contributed by atoms with Crippen molar-refractivity contribution < 1.29 is 10.2 Å². The van der Waals surface area contributed by atoms with Crippen LogP contribution >= 0.6 is 11.8 Å². The highest BCUT2D eigenvalue weighted by atomic mass is 32.2. The fourth-order valence-corrected chi connectivity index (χ4v) is 4.85. The first-order valence-corrected chi connectivity index (χ1v) is 10.2. The van der Waals surface area contributed by atoms with E-state index in [9.17, 15) is 10.2 Å². The van der Waals surface area contributed by atoms with Gasteiger partial charge in [0.15, 0.2) is 0 Å². The van der Waals surface area contributed by atoms with Gasteiger partial charge >= 0.3 is 0 Å². The zero-order chi connectivity index (χ0) is 18.6. The molecule has 1 aliphatic heterocycles. The summed E-state index contributed by atoms with van der Waals surface area (Å²) in [5.41, 5.74) is 2.43. The van der Waals surface area contributed by atoms with Crippen LogP contribution in [-0.4, -0.2) is 21.0 Å². The summed E-state index contributed by atoms with van der Waals surface area (Å²) in [5.74, 6) is 2.10. The number of phenols is 2. The van der Waals surface area contributed by atoms with Crippen LogP contribution in [0.25, 0.3) is 0 Å². The second-order valence-electron chi connectivity index (χ2n) is 6.81. The normalized spacial score (nSPS) is 17.0. The minimum atomic E-state index is -0.239. The van der Waals surface area contributed by atoms with Gasteiger partial charge in [0.1, 0.15) is 11.5 Å². The van der Waals surface area contributed by atoms with Crippen LogP contribution < -0.4 is 0 Å². The molecule has 2 unspecified atom stereocenters. The Bertz CT molecular complexity index is 738. The molecular weight excluding hydrogens is 344 g/mol. The lowest BCUT2D eigenvalue weighted by atomic mass is 9.81. The first kappa shape index (κ1) is 18.8. The maximum atomic E-state index is 9.66. The molecule has 0 fully saturated rings. The summed E-state index contributed by atoms with van der Waals surface area (Å²) in [4.78, 5) is -0.239. The molecule has 26 heavy (non-hydrogen) atoms. The van der Waals surface area contributed by atoms with Gasteiger partial charge in [0.2, 0.25) is 4.99 Å². The average Bonchev–Trinajstić information content (AvgIpc) is 3.41. The van der Waals surface area contributed by atoms with E-state index in [2.05, 4.69) is 24.1 Å². The molecule has 0 saturated heterocycles. The second-order valence-corrected chi connectivity index (χ2v) is 8.08. The largest absolute Gasteiger partial charge is 0.508 e. The number of hydrogen-bond donors (Lipinski definition) is 2. The van der Waals surface area contributed by atoms with Crippen LogP contribution in [0, 0.1) is 0 Å². The monoisotopic (exact) mass is 370 g/mol. The Hall–Kier alpha value is -2.01. The summed E-state index contributed by atoms with van der Waals surface area (Å²) in [6.07, 6.45) is 3.04. The Balaban J connectivity index is 1.85. The van der Waals surface area contributed by atoms with E-state index in [0.717, 1.165) is 25.0 Å². The van der Waals surface area contributed by atoms with E-state index in [1.165, 1.54) is 11.1 Å². The third-order valence-corrected chi connectivity index (χ3v) is 6.32. The van der Waals surface area contributed by atoms with E-state index >= 15 is 0 Å². The van der Waals surface area contributed by atoms with Gasteiger partial charge in [-0.25, -0.2) is 0 Å². The molecule has 0 aliphatic carbocycles. The third-order valence-electron chi connectivity index (χ3n) is 4.96. The molecule has 3 rings (SSSR count). The number of rotatable bonds is 9. The summed E-state index contributed by atoms with van der Waals surface area (Å²) < 4.78 is 0. The molecule has 2 aromatic carbocycles. The van der Waals surface area contributed by atoms with E-state index in [0.29, 0.717) is 5.92 Å². The van der Waals surface area contributed by atoms with Crippen LogP contribution in [0.4, 0.5) is 0 Å². The van der Waals surface area contributed by atoms with Crippen molar-refractivity contribution in [1.29, 1.82) is 0 Å². The number of hydrogen-bond acceptors (Lipinski definition) is 5. The predicted molar refractivity (Wildman–Crippen MR) is 107 cm³/mol. The maximum Gasteiger partial charge on any atom is 0.236 e. The molecule has 1 heterocycles. The van der Waals surface area contributed by atoms with E-state index < -0.39 is 0 Å². The topological polar surface area (TPSA) is 65.2 Å². The highest BCUT2D eigenvalue weighted by Gasteiger charge is 2.41. The van der Waals surface area contributed by atoms with Crippen molar-refractivity contribution >= 4 is 11.8 Å². The summed E-state index contributed by atoms with van der Waals surface area (Å²) in [5, 5.41) is 27.9. The molecular formula is C21H26N2O2S. The molecule has 0 radical (unpaired) electrons. The Labute approximate surface area is 159 Å². The molecule has 0 spiro atoms. The number of thioether (sulfide) groups is 1. The zero-order valence-electron chi connectivity index (χ0n) is 15.3. The molecule has 4 nitrogen and oxygen atoms in total. The fraction of sp³-hybridized carbons (Fsp3) is 0.429. The van der Waals surface area contributed by atoms with E-state index in [1.54, 1.807) is 24.3 Å². The standard InChI is InChI=1S/C21H26N2O2S/c1-3-13-21(22-23-21)26-14-20(16-7-11-18(25)12-8-16)19(4-2)15-5-9-17(24)10-6-15/h5-12,19-20,24-25H,3-4,13-14H2,1-2H3. The first-order chi connectivity index (χ1) is 12.6. The zero-order valence-corrected chi connectivity index (χ0v) is 16.1. The van der Waals surface area contributed by atoms with Crippen molar-refractivity contribution in [3.63, 3.8) is 0 Å². The van der Waals surface area contributed by atoms with E-state index in [1.807, 2.05) is 36.0 Å². The van der Waals surface area contributed by atoms with Crippen molar-refractivity contribution in [2.45, 2.75) is 49.9 Å². The number of phenolic OH excluding ortho intramolecular Hbond substituents is 2. The second kappa shape index (κ2) is 8.12. The molecule has 0 bridgehead atoms. The molecule has 2 N–H and O–H groups in total. The van der Waals surface area contributed by atoms with Gasteiger partial charge in [0.25, 0.3) is 0 Å². The van der Waals surface area contributed by atoms with Gasteiger partial charge in [-0.05, 0) is 53.6 Å². The van der Waals surface area contributed by atoms with Gasteiger partial charge in [0, 0.05) is 12.2 Å². The van der Waals surface area contributed by atoms with Crippen LogP contribution in [0.15, 0.2) is 58.8 Å². The quantitative estimate of drug-likeness (QED) is 0.566. The highest BCUT2D eigenvalue weighted by Crippen LogP contribution is 2.48.